The molecule has 4 heteroatoms. The second-order valence-corrected chi connectivity index (χ2v) is 8.69. The maximum atomic E-state index is 13.7. The molecule has 1 heterocycles. The molecule has 0 fully saturated rings. The van der Waals surface area contributed by atoms with Gasteiger partial charge in [0.05, 0.1) is 6.54 Å². The zero-order valence-electron chi connectivity index (χ0n) is 19.4. The Morgan fingerprint density at radius 3 is 2.09 bits per heavy atom. The fourth-order valence-electron chi connectivity index (χ4n) is 4.54. The number of anilines is 2. The van der Waals surface area contributed by atoms with Crippen LogP contribution in [0, 0.1) is 6.92 Å². The van der Waals surface area contributed by atoms with Crippen LogP contribution in [0.5, 0.6) is 0 Å². The second kappa shape index (κ2) is 8.99. The lowest BCUT2D eigenvalue weighted by Gasteiger charge is -2.24. The van der Waals surface area contributed by atoms with E-state index in [1.165, 1.54) is 5.56 Å². The number of para-hydroxylation sites is 1. The fraction of sp³-hybridized carbons (Fsp3) is 0.133. The van der Waals surface area contributed by atoms with Crippen molar-refractivity contribution >= 4 is 23.2 Å². The highest BCUT2D eigenvalue weighted by molar-refractivity contribution is 6.08. The molecule has 2 amide bonds. The van der Waals surface area contributed by atoms with Gasteiger partial charge in [-0.05, 0) is 72.0 Å². The van der Waals surface area contributed by atoms with Crippen molar-refractivity contribution in [3.63, 3.8) is 0 Å². The summed E-state index contributed by atoms with van der Waals surface area (Å²) in [6.07, 6.45) is 0.806. The van der Waals surface area contributed by atoms with Crippen LogP contribution in [0.2, 0.25) is 0 Å². The maximum Gasteiger partial charge on any atom is 0.258 e. The van der Waals surface area contributed by atoms with E-state index in [0.717, 1.165) is 34.5 Å². The first-order valence-corrected chi connectivity index (χ1v) is 11.4. The number of carbonyl (C=O) groups is 2. The summed E-state index contributed by atoms with van der Waals surface area (Å²) >= 11 is 0. The molecule has 0 N–H and O–H groups in total. The highest BCUT2D eigenvalue weighted by Gasteiger charge is 2.25. The number of hydrogen-bond donors (Lipinski definition) is 0. The molecule has 0 aromatic heterocycles. The van der Waals surface area contributed by atoms with Crippen LogP contribution in [0.15, 0.2) is 97.1 Å². The van der Waals surface area contributed by atoms with E-state index in [4.69, 9.17) is 0 Å². The van der Waals surface area contributed by atoms with Gasteiger partial charge in [0.2, 0.25) is 0 Å². The summed E-state index contributed by atoms with van der Waals surface area (Å²) in [6.45, 7) is 2.46. The summed E-state index contributed by atoms with van der Waals surface area (Å²) in [7, 11) is 1.76. The highest BCUT2D eigenvalue weighted by Crippen LogP contribution is 2.32. The van der Waals surface area contributed by atoms with Crippen LogP contribution < -0.4 is 9.80 Å². The molecular weight excluding hydrogens is 420 g/mol. The van der Waals surface area contributed by atoms with Gasteiger partial charge in [-0.1, -0.05) is 60.7 Å². The van der Waals surface area contributed by atoms with Gasteiger partial charge in [-0.15, -0.1) is 0 Å². The molecule has 0 saturated carbocycles. The number of nitrogens with zero attached hydrogens (tertiary/aromatic N) is 2. The first-order chi connectivity index (χ1) is 16.5. The van der Waals surface area contributed by atoms with Crippen LogP contribution in [-0.4, -0.2) is 18.9 Å². The molecule has 168 valence electrons. The van der Waals surface area contributed by atoms with Crippen LogP contribution in [0.25, 0.3) is 0 Å². The number of fused-ring (bicyclic) bond motifs is 2. The largest absolute Gasteiger partial charge is 0.311 e. The van der Waals surface area contributed by atoms with Crippen LogP contribution in [0.3, 0.4) is 0 Å². The van der Waals surface area contributed by atoms with Crippen molar-refractivity contribution in [1.82, 2.24) is 0 Å². The van der Waals surface area contributed by atoms with Crippen molar-refractivity contribution in [1.29, 1.82) is 0 Å². The number of carbonyl (C=O) groups excluding carboxylic acids is 2. The van der Waals surface area contributed by atoms with Gasteiger partial charge < -0.3 is 9.80 Å². The summed E-state index contributed by atoms with van der Waals surface area (Å²) in [5, 5.41) is 0. The SMILES string of the molecule is Cc1ccccc1C(=O)N(C)c1ccc(C(=O)N2Cc3ccccc3Cc3ccccc32)cc1. The molecule has 0 aliphatic carbocycles. The molecular formula is C30H26N2O2. The minimum atomic E-state index is -0.0739. The first kappa shape index (κ1) is 21.7. The topological polar surface area (TPSA) is 40.6 Å². The third kappa shape index (κ3) is 3.99. The lowest BCUT2D eigenvalue weighted by molar-refractivity contribution is 0.0981. The smallest absolute Gasteiger partial charge is 0.258 e. The van der Waals surface area contributed by atoms with Crippen LogP contribution >= 0.6 is 0 Å². The third-order valence-corrected chi connectivity index (χ3v) is 6.54. The van der Waals surface area contributed by atoms with E-state index in [-0.39, 0.29) is 11.8 Å². The average Bonchev–Trinajstić information content (AvgIpc) is 3.04. The molecule has 0 atom stereocenters. The van der Waals surface area contributed by atoms with E-state index in [9.17, 15) is 9.59 Å². The summed E-state index contributed by atoms with van der Waals surface area (Å²) in [5.41, 5.74) is 7.43. The lowest BCUT2D eigenvalue weighted by atomic mass is 10.0. The fourth-order valence-corrected chi connectivity index (χ4v) is 4.54. The van der Waals surface area contributed by atoms with E-state index >= 15 is 0 Å². The number of rotatable bonds is 3. The number of hydrogen-bond acceptors (Lipinski definition) is 2. The summed E-state index contributed by atoms with van der Waals surface area (Å²) in [5.74, 6) is -0.126. The van der Waals surface area contributed by atoms with Gasteiger partial charge >= 0.3 is 0 Å². The van der Waals surface area contributed by atoms with E-state index in [1.54, 1.807) is 24.1 Å². The normalized spacial score (nSPS) is 12.4. The van der Waals surface area contributed by atoms with Crippen molar-refractivity contribution in [2.24, 2.45) is 0 Å². The Bertz CT molecular complexity index is 1370. The van der Waals surface area contributed by atoms with E-state index in [0.29, 0.717) is 17.7 Å². The standard InChI is InChI=1S/C30H26N2O2/c1-21-9-3-7-13-27(21)30(34)31(2)26-17-15-22(16-18-26)29(33)32-20-25-12-5-4-10-23(25)19-24-11-6-8-14-28(24)32/h3-18H,19-20H2,1-2H3. The zero-order valence-corrected chi connectivity index (χ0v) is 19.4. The maximum absolute atomic E-state index is 13.7. The van der Waals surface area contributed by atoms with Gasteiger partial charge in [0.25, 0.3) is 11.8 Å². The number of aryl methyl sites for hydroxylation is 1. The van der Waals surface area contributed by atoms with E-state index < -0.39 is 0 Å². The molecule has 4 aromatic rings. The predicted octanol–water partition coefficient (Wildman–Crippen LogP) is 6.02. The zero-order chi connectivity index (χ0) is 23.7. The Kier molecular flexibility index (Phi) is 5.72. The van der Waals surface area contributed by atoms with Crippen molar-refractivity contribution in [3.8, 4) is 0 Å². The first-order valence-electron chi connectivity index (χ1n) is 11.4. The minimum absolute atomic E-state index is 0.0522. The quantitative estimate of drug-likeness (QED) is 0.386. The Hall–Kier alpha value is -4.18. The van der Waals surface area contributed by atoms with E-state index in [2.05, 4.69) is 18.2 Å². The molecule has 0 spiro atoms. The van der Waals surface area contributed by atoms with Gasteiger partial charge in [-0.25, -0.2) is 0 Å². The summed E-state index contributed by atoms with van der Waals surface area (Å²) < 4.78 is 0. The Balaban J connectivity index is 1.43. The molecule has 0 bridgehead atoms. The second-order valence-electron chi connectivity index (χ2n) is 8.69. The third-order valence-electron chi connectivity index (χ3n) is 6.54. The molecule has 4 nitrogen and oxygen atoms in total. The van der Waals surface area contributed by atoms with Crippen molar-refractivity contribution in [2.45, 2.75) is 19.9 Å². The Morgan fingerprint density at radius 1 is 0.735 bits per heavy atom. The molecule has 4 aromatic carbocycles. The minimum Gasteiger partial charge on any atom is -0.311 e. The lowest BCUT2D eigenvalue weighted by Crippen LogP contribution is -2.30. The molecule has 0 unspecified atom stereocenters. The molecule has 0 saturated heterocycles. The van der Waals surface area contributed by atoms with Crippen LogP contribution in [0.1, 0.15) is 43.0 Å². The van der Waals surface area contributed by atoms with Gasteiger partial charge in [0.15, 0.2) is 0 Å². The summed E-state index contributed by atoms with van der Waals surface area (Å²) in [6, 6.07) is 31.2. The molecule has 1 aliphatic heterocycles. The van der Waals surface area contributed by atoms with Gasteiger partial charge in [0.1, 0.15) is 0 Å². The van der Waals surface area contributed by atoms with Crippen molar-refractivity contribution in [3.05, 3.63) is 130 Å². The average molecular weight is 447 g/mol. The van der Waals surface area contributed by atoms with Crippen LogP contribution in [-0.2, 0) is 13.0 Å². The van der Waals surface area contributed by atoms with Gasteiger partial charge in [0, 0.05) is 29.5 Å². The molecule has 0 radical (unpaired) electrons. The van der Waals surface area contributed by atoms with Crippen LogP contribution in [0.4, 0.5) is 11.4 Å². The predicted molar refractivity (Wildman–Crippen MR) is 137 cm³/mol. The van der Waals surface area contributed by atoms with Gasteiger partial charge in [-0.3, -0.25) is 9.59 Å². The van der Waals surface area contributed by atoms with E-state index in [1.807, 2.05) is 78.6 Å². The van der Waals surface area contributed by atoms with Crippen molar-refractivity contribution < 1.29 is 9.59 Å². The number of benzene rings is 4. The molecule has 34 heavy (non-hydrogen) atoms. The Labute approximate surface area is 200 Å². The molecule has 5 rings (SSSR count). The number of amides is 2. The monoisotopic (exact) mass is 446 g/mol. The van der Waals surface area contributed by atoms with Gasteiger partial charge in [-0.2, -0.15) is 0 Å². The van der Waals surface area contributed by atoms with Crippen molar-refractivity contribution in [2.75, 3.05) is 16.8 Å². The highest BCUT2D eigenvalue weighted by atomic mass is 16.2. The Morgan fingerprint density at radius 2 is 1.35 bits per heavy atom. The summed E-state index contributed by atoms with van der Waals surface area (Å²) in [4.78, 5) is 30.1. The molecule has 1 aliphatic rings.